The summed E-state index contributed by atoms with van der Waals surface area (Å²) in [6, 6.07) is 2.05. The van der Waals surface area contributed by atoms with E-state index in [4.69, 9.17) is 10.2 Å². The molecule has 0 bridgehead atoms. The van der Waals surface area contributed by atoms with E-state index >= 15 is 0 Å². The summed E-state index contributed by atoms with van der Waals surface area (Å²) >= 11 is 0. The van der Waals surface area contributed by atoms with Crippen LogP contribution in [0.2, 0.25) is 0 Å². The van der Waals surface area contributed by atoms with Crippen LogP contribution in [-0.4, -0.2) is 10.2 Å². The van der Waals surface area contributed by atoms with Gasteiger partial charge in [0, 0.05) is 6.07 Å². The van der Waals surface area contributed by atoms with Gasteiger partial charge in [0.15, 0.2) is 11.6 Å². The van der Waals surface area contributed by atoms with Gasteiger partial charge in [-0.3, -0.25) is 0 Å². The van der Waals surface area contributed by atoms with Crippen LogP contribution in [0.5, 0.6) is 11.5 Å². The first-order chi connectivity index (χ1) is 4.61. The Kier molecular flexibility index (Phi) is 1.49. The van der Waals surface area contributed by atoms with Gasteiger partial charge < -0.3 is 10.2 Å². The van der Waals surface area contributed by atoms with Crippen LogP contribution in [0.15, 0.2) is 12.1 Å². The van der Waals surface area contributed by atoms with Crippen LogP contribution in [0.3, 0.4) is 0 Å². The summed E-state index contributed by atoms with van der Waals surface area (Å²) in [5.41, 5.74) is 0.457. The highest BCUT2D eigenvalue weighted by Crippen LogP contribution is 2.24. The number of hydrogen-bond acceptors (Lipinski definition) is 2. The van der Waals surface area contributed by atoms with E-state index in [-0.39, 0.29) is 5.75 Å². The zero-order valence-corrected chi connectivity index (χ0v) is 5.43. The molecule has 0 aliphatic rings. The number of phenols is 2. The van der Waals surface area contributed by atoms with Crippen molar-refractivity contribution in [1.29, 1.82) is 0 Å². The lowest BCUT2D eigenvalue weighted by Crippen LogP contribution is -1.79. The predicted octanol–water partition coefficient (Wildman–Crippen LogP) is 1.55. The van der Waals surface area contributed by atoms with Gasteiger partial charge >= 0.3 is 0 Å². The van der Waals surface area contributed by atoms with Gasteiger partial charge in [-0.15, -0.1) is 0 Å². The lowest BCUT2D eigenvalue weighted by atomic mass is 10.2. The Labute approximate surface area is 57.6 Å². The molecule has 0 spiro atoms. The third-order valence-corrected chi connectivity index (χ3v) is 1.27. The van der Waals surface area contributed by atoms with Gasteiger partial charge in [-0.05, 0) is 18.6 Å². The fourth-order valence-electron chi connectivity index (χ4n) is 0.656. The lowest BCUT2D eigenvalue weighted by Gasteiger charge is -1.99. The van der Waals surface area contributed by atoms with E-state index in [1.165, 1.54) is 6.07 Å². The molecule has 1 aromatic carbocycles. The number of halogens is 1. The number of rotatable bonds is 0. The van der Waals surface area contributed by atoms with E-state index in [2.05, 4.69) is 0 Å². The molecule has 2 nitrogen and oxygen atoms in total. The van der Waals surface area contributed by atoms with Crippen molar-refractivity contribution >= 4 is 0 Å². The smallest absolute Gasteiger partial charge is 0.168 e. The summed E-state index contributed by atoms with van der Waals surface area (Å²) in [5.74, 6) is -1.38. The van der Waals surface area contributed by atoms with Crippen molar-refractivity contribution < 1.29 is 14.6 Å². The first-order valence-electron chi connectivity index (χ1n) is 2.79. The van der Waals surface area contributed by atoms with E-state index in [1.54, 1.807) is 6.92 Å². The summed E-state index contributed by atoms with van der Waals surface area (Å²) in [4.78, 5) is 0. The third kappa shape index (κ3) is 1.03. The fourth-order valence-corrected chi connectivity index (χ4v) is 0.656. The van der Waals surface area contributed by atoms with Gasteiger partial charge in [0.05, 0.1) is 0 Å². The Morgan fingerprint density at radius 1 is 1.20 bits per heavy atom. The first kappa shape index (κ1) is 6.86. The Balaban J connectivity index is 3.28. The van der Waals surface area contributed by atoms with Crippen LogP contribution < -0.4 is 0 Å². The van der Waals surface area contributed by atoms with Crippen molar-refractivity contribution in [2.45, 2.75) is 6.92 Å². The van der Waals surface area contributed by atoms with E-state index in [0.29, 0.717) is 5.56 Å². The van der Waals surface area contributed by atoms with Gasteiger partial charge in [0.2, 0.25) is 0 Å². The van der Waals surface area contributed by atoms with Crippen molar-refractivity contribution in [2.75, 3.05) is 0 Å². The normalized spacial score (nSPS) is 9.80. The highest BCUT2D eigenvalue weighted by atomic mass is 19.1. The molecule has 0 radical (unpaired) electrons. The van der Waals surface area contributed by atoms with Crippen LogP contribution in [0.25, 0.3) is 0 Å². The van der Waals surface area contributed by atoms with Crippen molar-refractivity contribution in [3.8, 4) is 11.5 Å². The second kappa shape index (κ2) is 2.17. The standard InChI is InChI=1S/C7H7FO2/c1-4-2-7(10)5(8)3-6(4)9/h2-3,9-10H,1H3. The zero-order valence-electron chi connectivity index (χ0n) is 5.43. The van der Waals surface area contributed by atoms with Crippen LogP contribution in [-0.2, 0) is 0 Å². The van der Waals surface area contributed by atoms with Crippen molar-refractivity contribution in [2.24, 2.45) is 0 Å². The maximum Gasteiger partial charge on any atom is 0.168 e. The third-order valence-electron chi connectivity index (χ3n) is 1.27. The molecule has 0 saturated carbocycles. The number of hydrogen-bond donors (Lipinski definition) is 2. The van der Waals surface area contributed by atoms with Gasteiger partial charge in [0.1, 0.15) is 5.75 Å². The Morgan fingerprint density at radius 2 is 1.80 bits per heavy atom. The topological polar surface area (TPSA) is 40.5 Å². The molecule has 0 unspecified atom stereocenters. The summed E-state index contributed by atoms with van der Waals surface area (Å²) in [6.45, 7) is 1.58. The largest absolute Gasteiger partial charge is 0.508 e. The molecule has 0 atom stereocenters. The Hall–Kier alpha value is -1.25. The molecule has 0 aromatic heterocycles. The molecule has 54 valence electrons. The molecule has 0 aliphatic carbocycles. The monoisotopic (exact) mass is 142 g/mol. The molecule has 3 heteroatoms. The van der Waals surface area contributed by atoms with Crippen molar-refractivity contribution in [1.82, 2.24) is 0 Å². The van der Waals surface area contributed by atoms with Crippen LogP contribution in [0, 0.1) is 12.7 Å². The molecule has 1 rings (SSSR count). The predicted molar refractivity (Wildman–Crippen MR) is 34.5 cm³/mol. The van der Waals surface area contributed by atoms with E-state index in [9.17, 15) is 4.39 Å². The fraction of sp³-hybridized carbons (Fsp3) is 0.143. The van der Waals surface area contributed by atoms with E-state index < -0.39 is 11.6 Å². The summed E-state index contributed by atoms with van der Waals surface area (Å²) in [7, 11) is 0. The summed E-state index contributed by atoms with van der Waals surface area (Å²) in [5, 5.41) is 17.6. The lowest BCUT2D eigenvalue weighted by molar-refractivity contribution is 0.419. The Bertz CT molecular complexity index is 208. The van der Waals surface area contributed by atoms with Crippen LogP contribution >= 0.6 is 0 Å². The number of aryl methyl sites for hydroxylation is 1. The molecule has 10 heavy (non-hydrogen) atoms. The van der Waals surface area contributed by atoms with Crippen LogP contribution in [0.4, 0.5) is 4.39 Å². The minimum absolute atomic E-state index is 0.143. The van der Waals surface area contributed by atoms with Gasteiger partial charge in [-0.25, -0.2) is 4.39 Å². The van der Waals surface area contributed by atoms with E-state index in [0.717, 1.165) is 6.07 Å². The maximum atomic E-state index is 12.3. The summed E-state index contributed by atoms with van der Waals surface area (Å²) < 4.78 is 12.3. The first-order valence-corrected chi connectivity index (χ1v) is 2.79. The van der Waals surface area contributed by atoms with E-state index in [1.807, 2.05) is 0 Å². The van der Waals surface area contributed by atoms with Gasteiger partial charge in [0.25, 0.3) is 0 Å². The second-order valence-electron chi connectivity index (χ2n) is 2.09. The highest BCUT2D eigenvalue weighted by Gasteiger charge is 2.03. The molecule has 0 saturated heterocycles. The number of benzene rings is 1. The molecule has 0 heterocycles. The van der Waals surface area contributed by atoms with Gasteiger partial charge in [-0.2, -0.15) is 0 Å². The average molecular weight is 142 g/mol. The molecule has 2 N–H and O–H groups in total. The molecule has 0 aliphatic heterocycles. The zero-order chi connectivity index (χ0) is 7.72. The SMILES string of the molecule is Cc1cc(O)c(F)cc1O. The highest BCUT2D eigenvalue weighted by molar-refractivity contribution is 5.38. The number of phenolic OH excluding ortho intramolecular Hbond substituents is 2. The molecule has 1 aromatic rings. The van der Waals surface area contributed by atoms with Crippen LogP contribution in [0.1, 0.15) is 5.56 Å². The maximum absolute atomic E-state index is 12.3. The van der Waals surface area contributed by atoms with Crippen molar-refractivity contribution in [3.63, 3.8) is 0 Å². The second-order valence-corrected chi connectivity index (χ2v) is 2.09. The number of aromatic hydroxyl groups is 2. The molecular weight excluding hydrogens is 135 g/mol. The minimum Gasteiger partial charge on any atom is -0.508 e. The quantitative estimate of drug-likeness (QED) is 0.539. The molecule has 0 fully saturated rings. The molecule has 0 amide bonds. The average Bonchev–Trinajstić information content (AvgIpc) is 1.84. The van der Waals surface area contributed by atoms with Gasteiger partial charge in [-0.1, -0.05) is 0 Å². The molecular formula is C7H7FO2. The minimum atomic E-state index is -0.803. The van der Waals surface area contributed by atoms with Crippen molar-refractivity contribution in [3.05, 3.63) is 23.5 Å². The summed E-state index contributed by atoms with van der Waals surface area (Å²) in [6.07, 6.45) is 0. The Morgan fingerprint density at radius 3 is 2.30 bits per heavy atom.